The predicted octanol–water partition coefficient (Wildman–Crippen LogP) is 8.70. The Bertz CT molecular complexity index is 2520. The summed E-state index contributed by atoms with van der Waals surface area (Å²) in [6.07, 6.45) is 16.3. The van der Waals surface area contributed by atoms with E-state index in [1.165, 1.54) is 11.1 Å². The van der Waals surface area contributed by atoms with Gasteiger partial charge in [-0.25, -0.2) is 15.0 Å². The lowest BCUT2D eigenvalue weighted by molar-refractivity contribution is 0.746. The van der Waals surface area contributed by atoms with Gasteiger partial charge in [0.25, 0.3) is 0 Å². The molecule has 10 rings (SSSR count). The van der Waals surface area contributed by atoms with E-state index in [-0.39, 0.29) is 12.0 Å². The first-order chi connectivity index (χ1) is 23.4. The fourth-order valence-electron chi connectivity index (χ4n) is 7.64. The zero-order valence-corrected chi connectivity index (χ0v) is 25.2. The second-order valence-electron chi connectivity index (χ2n) is 11.9. The van der Waals surface area contributed by atoms with Crippen LogP contribution in [0.3, 0.4) is 0 Å². The number of benzene rings is 4. The molecule has 0 saturated heterocycles. The van der Waals surface area contributed by atoms with E-state index >= 15 is 0 Å². The van der Waals surface area contributed by atoms with Gasteiger partial charge < -0.3 is 9.47 Å². The van der Waals surface area contributed by atoms with E-state index < -0.39 is 0 Å². The summed E-state index contributed by atoms with van der Waals surface area (Å²) in [4.78, 5) is 22.0. The highest BCUT2D eigenvalue weighted by molar-refractivity contribution is 6.25. The standard InChI is InChI=1S/C40H27N7/c1-3-12-27(13-4-1)45-31-18-9-7-16-29(31)33-35-38(47(40-42-22-11-23-43-40)39(44-35)26-20-24-41-25-21-26)37-34(36(33)45)30-17-8-10-19-32(30)46(37)28-14-5-2-6-15-28/h1-25,30,32H. The van der Waals surface area contributed by atoms with Crippen LogP contribution in [0.25, 0.3) is 55.9 Å². The van der Waals surface area contributed by atoms with Crippen LogP contribution in [0, 0.1) is 0 Å². The summed E-state index contributed by atoms with van der Waals surface area (Å²) in [5.41, 5.74) is 9.78. The van der Waals surface area contributed by atoms with Crippen LogP contribution in [-0.2, 0) is 0 Å². The number of pyridine rings is 1. The molecule has 0 N–H and O–H groups in total. The van der Waals surface area contributed by atoms with E-state index in [1.54, 1.807) is 12.4 Å². The van der Waals surface area contributed by atoms with Crippen LogP contribution in [0.1, 0.15) is 11.5 Å². The maximum atomic E-state index is 5.55. The Labute approximate surface area is 270 Å². The smallest absolute Gasteiger partial charge is 0.235 e. The molecule has 4 aromatic heterocycles. The minimum Gasteiger partial charge on any atom is -0.331 e. The van der Waals surface area contributed by atoms with E-state index in [9.17, 15) is 0 Å². The zero-order valence-electron chi connectivity index (χ0n) is 25.2. The SMILES string of the molecule is C1=CC2c3c(c4c(nc(-c5ccncc5)n4-c4ncccn4)c4c5ccccc5n(-c5ccccc5)c34)N(c3ccccc3)C2C=C1. The van der Waals surface area contributed by atoms with E-state index in [4.69, 9.17) is 15.0 Å². The minimum absolute atomic E-state index is 0.0675. The number of allylic oxidation sites excluding steroid dienone is 2. The largest absolute Gasteiger partial charge is 0.331 e. The molecule has 0 fully saturated rings. The summed E-state index contributed by atoms with van der Waals surface area (Å²) in [7, 11) is 0. The van der Waals surface area contributed by atoms with Gasteiger partial charge in [0.2, 0.25) is 5.95 Å². The van der Waals surface area contributed by atoms with Crippen molar-refractivity contribution in [2.75, 3.05) is 4.90 Å². The number of nitrogens with zero attached hydrogens (tertiary/aromatic N) is 7. The zero-order chi connectivity index (χ0) is 30.9. The molecular weight excluding hydrogens is 578 g/mol. The quantitative estimate of drug-likeness (QED) is 0.201. The normalized spacial score (nSPS) is 16.7. The minimum atomic E-state index is 0.0675. The van der Waals surface area contributed by atoms with Crippen LogP contribution in [0.2, 0.25) is 0 Å². The van der Waals surface area contributed by atoms with E-state index in [0.717, 1.165) is 55.8 Å². The van der Waals surface area contributed by atoms with Gasteiger partial charge in [0, 0.05) is 64.0 Å². The Morgan fingerprint density at radius 3 is 2.09 bits per heavy atom. The lowest BCUT2D eigenvalue weighted by Crippen LogP contribution is -2.28. The van der Waals surface area contributed by atoms with Crippen molar-refractivity contribution in [1.82, 2.24) is 29.1 Å². The van der Waals surface area contributed by atoms with Gasteiger partial charge >= 0.3 is 0 Å². The van der Waals surface area contributed by atoms with Crippen molar-refractivity contribution in [3.63, 3.8) is 0 Å². The lowest BCUT2D eigenvalue weighted by Gasteiger charge is -2.29. The van der Waals surface area contributed by atoms with Gasteiger partial charge in [0.1, 0.15) is 16.9 Å². The molecule has 7 heteroatoms. The summed E-state index contributed by atoms with van der Waals surface area (Å²) in [5.74, 6) is 1.44. The molecule has 222 valence electrons. The number of aromatic nitrogens is 6. The average Bonchev–Trinajstić information content (AvgIpc) is 3.81. The third-order valence-electron chi connectivity index (χ3n) is 9.44. The molecule has 4 aromatic carbocycles. The third-order valence-corrected chi connectivity index (χ3v) is 9.44. The Morgan fingerprint density at radius 2 is 1.30 bits per heavy atom. The first-order valence-electron chi connectivity index (χ1n) is 15.8. The van der Waals surface area contributed by atoms with Crippen molar-refractivity contribution < 1.29 is 0 Å². The predicted molar refractivity (Wildman–Crippen MR) is 188 cm³/mol. The maximum Gasteiger partial charge on any atom is 0.235 e. The Kier molecular flexibility index (Phi) is 5.57. The number of anilines is 2. The summed E-state index contributed by atoms with van der Waals surface area (Å²) < 4.78 is 4.59. The van der Waals surface area contributed by atoms with Crippen molar-refractivity contribution in [3.8, 4) is 23.0 Å². The molecule has 0 amide bonds. The van der Waals surface area contributed by atoms with Crippen LogP contribution < -0.4 is 4.90 Å². The van der Waals surface area contributed by atoms with Crippen LogP contribution in [0.5, 0.6) is 0 Å². The second kappa shape index (κ2) is 10.1. The molecular formula is C40H27N7. The van der Waals surface area contributed by atoms with E-state index in [0.29, 0.717) is 5.95 Å². The van der Waals surface area contributed by atoms with Crippen molar-refractivity contribution in [2.45, 2.75) is 12.0 Å². The Hall–Kier alpha value is -6.34. The number of rotatable bonds is 4. The lowest BCUT2D eigenvalue weighted by atomic mass is 9.89. The highest BCUT2D eigenvalue weighted by Crippen LogP contribution is 2.56. The van der Waals surface area contributed by atoms with Crippen molar-refractivity contribution >= 4 is 44.2 Å². The number of para-hydroxylation sites is 3. The van der Waals surface area contributed by atoms with Gasteiger partial charge in [-0.15, -0.1) is 0 Å². The van der Waals surface area contributed by atoms with Gasteiger partial charge in [0.15, 0.2) is 0 Å². The fourth-order valence-corrected chi connectivity index (χ4v) is 7.64. The van der Waals surface area contributed by atoms with Crippen LogP contribution in [-0.4, -0.2) is 35.1 Å². The molecule has 0 spiro atoms. The third kappa shape index (κ3) is 3.68. The molecule has 0 saturated carbocycles. The molecule has 2 unspecified atom stereocenters. The maximum absolute atomic E-state index is 5.55. The molecule has 8 aromatic rings. The molecule has 0 radical (unpaired) electrons. The first kappa shape index (κ1) is 25.9. The molecule has 1 aliphatic carbocycles. The van der Waals surface area contributed by atoms with Crippen molar-refractivity contribution in [2.24, 2.45) is 0 Å². The molecule has 1 aliphatic heterocycles. The van der Waals surface area contributed by atoms with E-state index in [1.807, 2.05) is 30.6 Å². The van der Waals surface area contributed by atoms with Crippen LogP contribution >= 0.6 is 0 Å². The van der Waals surface area contributed by atoms with Gasteiger partial charge in [-0.2, -0.15) is 0 Å². The molecule has 47 heavy (non-hydrogen) atoms. The summed E-state index contributed by atoms with van der Waals surface area (Å²) >= 11 is 0. The topological polar surface area (TPSA) is 64.7 Å². The average molecular weight is 606 g/mol. The summed E-state index contributed by atoms with van der Waals surface area (Å²) in [5, 5.41) is 2.28. The summed E-state index contributed by atoms with van der Waals surface area (Å²) in [6.45, 7) is 0. The van der Waals surface area contributed by atoms with Gasteiger partial charge in [0.05, 0.1) is 22.8 Å². The number of hydrogen-bond donors (Lipinski definition) is 0. The van der Waals surface area contributed by atoms with Crippen molar-refractivity contribution in [1.29, 1.82) is 0 Å². The second-order valence-corrected chi connectivity index (χ2v) is 11.9. The molecule has 2 aliphatic rings. The van der Waals surface area contributed by atoms with Crippen LogP contribution in [0.4, 0.5) is 11.4 Å². The molecule has 2 atom stereocenters. The molecule has 0 bridgehead atoms. The van der Waals surface area contributed by atoms with E-state index in [2.05, 4.69) is 128 Å². The molecule has 7 nitrogen and oxygen atoms in total. The number of imidazole rings is 1. The fraction of sp³-hybridized carbons (Fsp3) is 0.0500. The number of fused-ring (bicyclic) bond motifs is 10. The Morgan fingerprint density at radius 1 is 0.596 bits per heavy atom. The van der Waals surface area contributed by atoms with Crippen molar-refractivity contribution in [3.05, 3.63) is 158 Å². The highest BCUT2D eigenvalue weighted by Gasteiger charge is 2.43. The first-order valence-corrected chi connectivity index (χ1v) is 15.8. The van der Waals surface area contributed by atoms with Crippen LogP contribution in [0.15, 0.2) is 152 Å². The van der Waals surface area contributed by atoms with Gasteiger partial charge in [-0.05, 0) is 48.5 Å². The summed E-state index contributed by atoms with van der Waals surface area (Å²) in [6, 6.07) is 36.0. The highest BCUT2D eigenvalue weighted by atomic mass is 15.3. The monoisotopic (exact) mass is 605 g/mol. The Balaban J connectivity index is 1.50. The molecule has 5 heterocycles. The van der Waals surface area contributed by atoms with Gasteiger partial charge in [-0.3, -0.25) is 9.55 Å². The number of hydrogen-bond acceptors (Lipinski definition) is 5. The van der Waals surface area contributed by atoms with Gasteiger partial charge in [-0.1, -0.05) is 78.9 Å².